The van der Waals surface area contributed by atoms with Crippen LogP contribution in [0.5, 0.6) is 0 Å². The molecule has 0 radical (unpaired) electrons. The van der Waals surface area contributed by atoms with Crippen LogP contribution in [0.2, 0.25) is 0 Å². The molecule has 0 bridgehead atoms. The summed E-state index contributed by atoms with van der Waals surface area (Å²) in [6, 6.07) is 28.1. The molecule has 0 aromatic heterocycles. The van der Waals surface area contributed by atoms with Gasteiger partial charge < -0.3 is 10.2 Å². The van der Waals surface area contributed by atoms with Crippen molar-refractivity contribution in [1.82, 2.24) is 0 Å². The number of hydrogen-bond acceptors (Lipinski definition) is 2. The van der Waals surface area contributed by atoms with Crippen molar-refractivity contribution in [2.45, 2.75) is 11.8 Å². The second-order valence-electron chi connectivity index (χ2n) is 5.92. The van der Waals surface area contributed by atoms with E-state index < -0.39 is 0 Å². The zero-order valence-corrected chi connectivity index (χ0v) is 13.5. The van der Waals surface area contributed by atoms with Crippen LogP contribution in [0.1, 0.15) is 34.1 Å². The molecule has 24 heavy (non-hydrogen) atoms. The van der Waals surface area contributed by atoms with E-state index in [9.17, 15) is 10.2 Å². The summed E-state index contributed by atoms with van der Waals surface area (Å²) < 4.78 is 0. The molecule has 2 nitrogen and oxygen atoms in total. The molecule has 3 aromatic rings. The third kappa shape index (κ3) is 3.40. The molecule has 0 saturated carbocycles. The van der Waals surface area contributed by atoms with Crippen molar-refractivity contribution in [1.29, 1.82) is 0 Å². The van der Waals surface area contributed by atoms with Crippen LogP contribution in [0.3, 0.4) is 0 Å². The zero-order chi connectivity index (χ0) is 16.8. The molecule has 0 spiro atoms. The van der Waals surface area contributed by atoms with E-state index in [-0.39, 0.29) is 25.0 Å². The standard InChI is InChI=1S/C22H22O2/c23-15-21(17-9-3-1-4-10-17)19-13-7-8-14-20(19)22(16-24)18-11-5-2-6-12-18/h1-14,21-24H,15-16H2. The van der Waals surface area contributed by atoms with E-state index in [1.165, 1.54) is 0 Å². The number of aliphatic hydroxyl groups is 2. The second kappa shape index (κ2) is 7.91. The summed E-state index contributed by atoms with van der Waals surface area (Å²) in [5.74, 6) is -0.194. The van der Waals surface area contributed by atoms with Crippen LogP contribution >= 0.6 is 0 Å². The summed E-state index contributed by atoms with van der Waals surface area (Å²) in [6.45, 7) is 0.0714. The Kier molecular flexibility index (Phi) is 5.42. The van der Waals surface area contributed by atoms with Gasteiger partial charge in [-0.05, 0) is 22.3 Å². The van der Waals surface area contributed by atoms with E-state index in [2.05, 4.69) is 12.1 Å². The average molecular weight is 318 g/mol. The quantitative estimate of drug-likeness (QED) is 0.723. The minimum absolute atomic E-state index is 0.0357. The first-order valence-corrected chi connectivity index (χ1v) is 8.25. The van der Waals surface area contributed by atoms with Gasteiger partial charge in [-0.1, -0.05) is 84.9 Å². The minimum Gasteiger partial charge on any atom is -0.395 e. The molecular formula is C22H22O2. The van der Waals surface area contributed by atoms with Crippen molar-refractivity contribution in [3.05, 3.63) is 107 Å². The van der Waals surface area contributed by atoms with E-state index in [0.29, 0.717) is 0 Å². The summed E-state index contributed by atoms with van der Waals surface area (Å²) in [5, 5.41) is 20.0. The third-order valence-corrected chi connectivity index (χ3v) is 4.52. The number of benzene rings is 3. The van der Waals surface area contributed by atoms with Crippen LogP contribution in [0, 0.1) is 0 Å². The van der Waals surface area contributed by atoms with Crippen LogP contribution < -0.4 is 0 Å². The fourth-order valence-electron chi connectivity index (χ4n) is 3.28. The fourth-order valence-corrected chi connectivity index (χ4v) is 3.28. The van der Waals surface area contributed by atoms with Crippen molar-refractivity contribution in [3.8, 4) is 0 Å². The van der Waals surface area contributed by atoms with Crippen molar-refractivity contribution >= 4 is 0 Å². The number of hydrogen-bond donors (Lipinski definition) is 2. The van der Waals surface area contributed by atoms with Gasteiger partial charge in [0.25, 0.3) is 0 Å². The maximum absolute atomic E-state index is 10.0. The maximum atomic E-state index is 10.0. The summed E-state index contributed by atoms with van der Waals surface area (Å²) in [7, 11) is 0. The first kappa shape index (κ1) is 16.4. The summed E-state index contributed by atoms with van der Waals surface area (Å²) in [5.41, 5.74) is 4.29. The topological polar surface area (TPSA) is 40.5 Å². The predicted octanol–water partition coefficient (Wildman–Crippen LogP) is 3.94. The Morgan fingerprint density at radius 1 is 0.500 bits per heavy atom. The molecule has 2 atom stereocenters. The molecule has 2 unspecified atom stereocenters. The normalized spacial score (nSPS) is 13.4. The molecule has 2 heteroatoms. The van der Waals surface area contributed by atoms with Crippen LogP contribution in [0.15, 0.2) is 84.9 Å². The van der Waals surface area contributed by atoms with Gasteiger partial charge in [0, 0.05) is 11.8 Å². The minimum atomic E-state index is -0.0971. The van der Waals surface area contributed by atoms with E-state index in [0.717, 1.165) is 22.3 Å². The first-order chi connectivity index (χ1) is 11.8. The second-order valence-corrected chi connectivity index (χ2v) is 5.92. The lowest BCUT2D eigenvalue weighted by Crippen LogP contribution is -2.14. The van der Waals surface area contributed by atoms with Crippen molar-refractivity contribution in [3.63, 3.8) is 0 Å². The largest absolute Gasteiger partial charge is 0.395 e. The monoisotopic (exact) mass is 318 g/mol. The van der Waals surface area contributed by atoms with Gasteiger partial charge >= 0.3 is 0 Å². The zero-order valence-electron chi connectivity index (χ0n) is 13.5. The lowest BCUT2D eigenvalue weighted by Gasteiger charge is -2.24. The molecular weight excluding hydrogens is 296 g/mol. The smallest absolute Gasteiger partial charge is 0.0540 e. The molecule has 0 aliphatic heterocycles. The van der Waals surface area contributed by atoms with Gasteiger partial charge in [0.05, 0.1) is 13.2 Å². The molecule has 122 valence electrons. The Hall–Kier alpha value is -2.42. The van der Waals surface area contributed by atoms with Crippen molar-refractivity contribution in [2.24, 2.45) is 0 Å². The highest BCUT2D eigenvalue weighted by molar-refractivity contribution is 5.43. The third-order valence-electron chi connectivity index (χ3n) is 4.52. The molecule has 3 aromatic carbocycles. The van der Waals surface area contributed by atoms with Gasteiger partial charge in [-0.25, -0.2) is 0 Å². The van der Waals surface area contributed by atoms with E-state index >= 15 is 0 Å². The van der Waals surface area contributed by atoms with Gasteiger partial charge in [0.1, 0.15) is 0 Å². The highest BCUT2D eigenvalue weighted by Gasteiger charge is 2.22. The van der Waals surface area contributed by atoms with Gasteiger partial charge in [-0.15, -0.1) is 0 Å². The summed E-state index contributed by atoms with van der Waals surface area (Å²) >= 11 is 0. The number of aliphatic hydroxyl groups excluding tert-OH is 2. The highest BCUT2D eigenvalue weighted by Crippen LogP contribution is 2.34. The summed E-state index contributed by atoms with van der Waals surface area (Å²) in [6.07, 6.45) is 0. The van der Waals surface area contributed by atoms with Crippen molar-refractivity contribution < 1.29 is 10.2 Å². The van der Waals surface area contributed by atoms with Crippen LogP contribution in [0.25, 0.3) is 0 Å². The molecule has 0 heterocycles. The predicted molar refractivity (Wildman–Crippen MR) is 97.2 cm³/mol. The van der Waals surface area contributed by atoms with Crippen molar-refractivity contribution in [2.75, 3.05) is 13.2 Å². The molecule has 0 saturated heterocycles. The lowest BCUT2D eigenvalue weighted by molar-refractivity contribution is 0.272. The Morgan fingerprint density at radius 3 is 1.17 bits per heavy atom. The lowest BCUT2D eigenvalue weighted by atomic mass is 9.82. The maximum Gasteiger partial charge on any atom is 0.0540 e. The number of rotatable bonds is 6. The van der Waals surface area contributed by atoms with Gasteiger partial charge in [0.15, 0.2) is 0 Å². The SMILES string of the molecule is OCC(c1ccccc1)c1ccccc1C(CO)c1ccccc1. The van der Waals surface area contributed by atoms with Gasteiger partial charge in [-0.2, -0.15) is 0 Å². The molecule has 3 rings (SSSR count). The Balaban J connectivity index is 2.07. The molecule has 0 aliphatic carbocycles. The Labute approximate surface area is 143 Å². The average Bonchev–Trinajstić information content (AvgIpc) is 2.66. The Bertz CT molecular complexity index is 687. The summed E-state index contributed by atoms with van der Waals surface area (Å²) in [4.78, 5) is 0. The molecule has 0 fully saturated rings. The van der Waals surface area contributed by atoms with E-state index in [1.54, 1.807) is 0 Å². The highest BCUT2D eigenvalue weighted by atomic mass is 16.3. The van der Waals surface area contributed by atoms with Crippen LogP contribution in [0.4, 0.5) is 0 Å². The van der Waals surface area contributed by atoms with Crippen LogP contribution in [-0.2, 0) is 0 Å². The fraction of sp³-hybridized carbons (Fsp3) is 0.182. The van der Waals surface area contributed by atoms with Gasteiger partial charge in [-0.3, -0.25) is 0 Å². The Morgan fingerprint density at radius 2 is 0.833 bits per heavy atom. The van der Waals surface area contributed by atoms with Gasteiger partial charge in [0.2, 0.25) is 0 Å². The van der Waals surface area contributed by atoms with E-state index in [4.69, 9.17) is 0 Å². The molecule has 0 amide bonds. The molecule has 0 aliphatic rings. The van der Waals surface area contributed by atoms with E-state index in [1.807, 2.05) is 72.8 Å². The first-order valence-electron chi connectivity index (χ1n) is 8.25. The molecule has 2 N–H and O–H groups in total. The van der Waals surface area contributed by atoms with Crippen LogP contribution in [-0.4, -0.2) is 23.4 Å².